The first-order valence-corrected chi connectivity index (χ1v) is 7.29. The predicted octanol–water partition coefficient (Wildman–Crippen LogP) is 1.98. The second-order valence-corrected chi connectivity index (χ2v) is 5.54. The summed E-state index contributed by atoms with van der Waals surface area (Å²) in [6.45, 7) is 8.74. The normalized spacial score (nSPS) is 11.8. The zero-order valence-electron chi connectivity index (χ0n) is 12.9. The van der Waals surface area contributed by atoms with E-state index in [4.69, 9.17) is 10.5 Å². The molecule has 0 saturated carbocycles. The molecule has 0 fully saturated rings. The van der Waals surface area contributed by atoms with Gasteiger partial charge in [-0.2, -0.15) is 5.10 Å². The van der Waals surface area contributed by atoms with Crippen LogP contribution in [0.25, 0.3) is 11.2 Å². The van der Waals surface area contributed by atoms with Gasteiger partial charge in [-0.15, -0.1) is 0 Å². The Kier molecular flexibility index (Phi) is 4.65. The van der Waals surface area contributed by atoms with Gasteiger partial charge in [0.05, 0.1) is 5.69 Å². The summed E-state index contributed by atoms with van der Waals surface area (Å²) in [7, 11) is 1.94. The fourth-order valence-electron chi connectivity index (χ4n) is 2.36. The monoisotopic (exact) mass is 279 g/mol. The molecule has 0 saturated heterocycles. The summed E-state index contributed by atoms with van der Waals surface area (Å²) in [5.74, 6) is 1.13. The second kappa shape index (κ2) is 6.26. The molecule has 0 spiro atoms. The molecule has 0 amide bonds. The van der Waals surface area contributed by atoms with Crippen LogP contribution in [0.15, 0.2) is 0 Å². The molecule has 2 aromatic rings. The third-order valence-electron chi connectivity index (χ3n) is 3.28. The number of hydrogen-bond acceptors (Lipinski definition) is 4. The number of anilines is 1. The average molecular weight is 279 g/mol. The van der Waals surface area contributed by atoms with E-state index in [0.29, 0.717) is 11.9 Å². The highest BCUT2D eigenvalue weighted by atomic mass is 16.5. The molecule has 2 rings (SSSR count). The Morgan fingerprint density at radius 2 is 2.10 bits per heavy atom. The number of hydrogen-bond donors (Lipinski definition) is 1. The molecule has 2 N–H and O–H groups in total. The highest BCUT2D eigenvalue weighted by Gasteiger charge is 2.16. The number of aryl methyl sites for hydroxylation is 3. The van der Waals surface area contributed by atoms with Crippen molar-refractivity contribution in [3.05, 3.63) is 5.69 Å². The predicted molar refractivity (Wildman–Crippen MR) is 80.6 cm³/mol. The maximum atomic E-state index is 6.02. The zero-order valence-corrected chi connectivity index (χ0v) is 12.9. The van der Waals surface area contributed by atoms with Crippen molar-refractivity contribution in [2.24, 2.45) is 13.0 Å². The fraction of sp³-hybridized carbons (Fsp3) is 0.714. The van der Waals surface area contributed by atoms with Crippen LogP contribution in [-0.2, 0) is 24.8 Å². The molecule has 0 aliphatic rings. The minimum Gasteiger partial charge on any atom is -0.381 e. The number of nitrogens with two attached hydrogens (primary N) is 1. The van der Waals surface area contributed by atoms with E-state index in [0.717, 1.165) is 49.5 Å². The molecule has 112 valence electrons. The van der Waals surface area contributed by atoms with Crippen molar-refractivity contribution in [1.82, 2.24) is 19.3 Å². The lowest BCUT2D eigenvalue weighted by Crippen LogP contribution is -2.10. The largest absolute Gasteiger partial charge is 0.381 e. The van der Waals surface area contributed by atoms with E-state index in [1.54, 1.807) is 0 Å². The quantitative estimate of drug-likeness (QED) is 0.787. The number of aromatic nitrogens is 4. The molecule has 6 nitrogen and oxygen atoms in total. The Labute approximate surface area is 119 Å². The smallest absolute Gasteiger partial charge is 0.202 e. The summed E-state index contributed by atoms with van der Waals surface area (Å²) in [5.41, 5.74) is 8.96. The molecular formula is C14H25N5O. The first kappa shape index (κ1) is 14.8. The highest BCUT2D eigenvalue weighted by Crippen LogP contribution is 2.21. The van der Waals surface area contributed by atoms with Gasteiger partial charge >= 0.3 is 0 Å². The summed E-state index contributed by atoms with van der Waals surface area (Å²) in [4.78, 5) is 4.45. The lowest BCUT2D eigenvalue weighted by molar-refractivity contribution is 0.105. The van der Waals surface area contributed by atoms with Gasteiger partial charge in [0, 0.05) is 26.8 Å². The van der Waals surface area contributed by atoms with Crippen LogP contribution in [0.1, 0.15) is 32.9 Å². The Bertz CT molecular complexity index is 570. The van der Waals surface area contributed by atoms with Crippen LogP contribution in [0.2, 0.25) is 0 Å². The van der Waals surface area contributed by atoms with Gasteiger partial charge in [0.1, 0.15) is 5.52 Å². The van der Waals surface area contributed by atoms with E-state index < -0.39 is 0 Å². The second-order valence-electron chi connectivity index (χ2n) is 5.54. The van der Waals surface area contributed by atoms with Crippen LogP contribution in [0.3, 0.4) is 0 Å². The molecule has 6 heteroatoms. The Hall–Kier alpha value is -1.56. The number of fused-ring (bicyclic) bond motifs is 1. The molecule has 2 heterocycles. The number of rotatable bonds is 7. The number of nitrogen functional groups attached to an aromatic ring is 1. The first-order valence-electron chi connectivity index (χ1n) is 7.29. The van der Waals surface area contributed by atoms with Gasteiger partial charge in [-0.1, -0.05) is 20.8 Å². The maximum absolute atomic E-state index is 6.02. The third kappa shape index (κ3) is 2.95. The Morgan fingerprint density at radius 3 is 2.75 bits per heavy atom. The van der Waals surface area contributed by atoms with Crippen LogP contribution in [0.5, 0.6) is 0 Å². The van der Waals surface area contributed by atoms with Crippen LogP contribution in [0.4, 0.5) is 5.95 Å². The van der Waals surface area contributed by atoms with Crippen LogP contribution in [0, 0.1) is 5.92 Å². The minimum absolute atomic E-state index is 0.562. The molecule has 20 heavy (non-hydrogen) atoms. The molecule has 0 unspecified atom stereocenters. The van der Waals surface area contributed by atoms with Gasteiger partial charge in [0.15, 0.2) is 5.65 Å². The molecule has 0 atom stereocenters. The highest BCUT2D eigenvalue weighted by molar-refractivity contribution is 5.77. The van der Waals surface area contributed by atoms with E-state index in [1.165, 1.54) is 0 Å². The first-order chi connectivity index (χ1) is 9.54. The van der Waals surface area contributed by atoms with E-state index in [-0.39, 0.29) is 0 Å². The van der Waals surface area contributed by atoms with Gasteiger partial charge in [-0.25, -0.2) is 4.98 Å². The van der Waals surface area contributed by atoms with Crippen molar-refractivity contribution in [3.63, 3.8) is 0 Å². The standard InChI is InChI=1S/C14H25N5O/c1-5-11-12-13(18(4)17-11)19(14(15)16-12)7-6-8-20-9-10(2)3/h10H,5-9H2,1-4H3,(H2,15,16). The zero-order chi connectivity index (χ0) is 14.7. The molecular weight excluding hydrogens is 254 g/mol. The lowest BCUT2D eigenvalue weighted by atomic mass is 10.2. The summed E-state index contributed by atoms with van der Waals surface area (Å²) < 4.78 is 9.50. The Balaban J connectivity index is 2.06. The van der Waals surface area contributed by atoms with E-state index in [1.807, 2.05) is 16.3 Å². The summed E-state index contributed by atoms with van der Waals surface area (Å²) in [6.07, 6.45) is 1.79. The number of nitrogens with zero attached hydrogens (tertiary/aromatic N) is 4. The van der Waals surface area contributed by atoms with Crippen LogP contribution in [-0.4, -0.2) is 32.5 Å². The van der Waals surface area contributed by atoms with Crippen molar-refractivity contribution in [2.45, 2.75) is 40.2 Å². The average Bonchev–Trinajstić information content (AvgIpc) is 2.87. The lowest BCUT2D eigenvalue weighted by Gasteiger charge is -2.09. The summed E-state index contributed by atoms with van der Waals surface area (Å²) >= 11 is 0. The Morgan fingerprint density at radius 1 is 1.35 bits per heavy atom. The maximum Gasteiger partial charge on any atom is 0.202 e. The molecule has 0 aromatic carbocycles. The van der Waals surface area contributed by atoms with Gasteiger partial charge in [-0.05, 0) is 18.8 Å². The number of ether oxygens (including phenoxy) is 1. The fourth-order valence-corrected chi connectivity index (χ4v) is 2.36. The molecule has 0 bridgehead atoms. The van der Waals surface area contributed by atoms with Crippen molar-refractivity contribution in [2.75, 3.05) is 18.9 Å². The molecule has 0 aliphatic carbocycles. The molecule has 0 aliphatic heterocycles. The summed E-state index contributed by atoms with van der Waals surface area (Å²) in [6, 6.07) is 0. The topological polar surface area (TPSA) is 70.9 Å². The van der Waals surface area contributed by atoms with Crippen molar-refractivity contribution in [3.8, 4) is 0 Å². The van der Waals surface area contributed by atoms with Gasteiger partial charge in [0.2, 0.25) is 5.95 Å². The summed E-state index contributed by atoms with van der Waals surface area (Å²) in [5, 5.41) is 4.48. The van der Waals surface area contributed by atoms with Crippen molar-refractivity contribution in [1.29, 1.82) is 0 Å². The van der Waals surface area contributed by atoms with Crippen LogP contribution < -0.4 is 5.73 Å². The van der Waals surface area contributed by atoms with Crippen molar-refractivity contribution < 1.29 is 4.74 Å². The third-order valence-corrected chi connectivity index (χ3v) is 3.28. The van der Waals surface area contributed by atoms with E-state index in [2.05, 4.69) is 30.9 Å². The molecule has 0 radical (unpaired) electrons. The van der Waals surface area contributed by atoms with Gasteiger partial charge < -0.3 is 10.5 Å². The van der Waals surface area contributed by atoms with E-state index >= 15 is 0 Å². The number of imidazole rings is 1. The van der Waals surface area contributed by atoms with Gasteiger partial charge in [0.25, 0.3) is 0 Å². The SMILES string of the molecule is CCc1nn(C)c2c1nc(N)n2CCCOCC(C)C. The van der Waals surface area contributed by atoms with Crippen molar-refractivity contribution >= 4 is 17.1 Å². The van der Waals surface area contributed by atoms with E-state index in [9.17, 15) is 0 Å². The minimum atomic E-state index is 0.562. The molecule has 2 aromatic heterocycles. The van der Waals surface area contributed by atoms with Gasteiger partial charge in [-0.3, -0.25) is 9.25 Å². The van der Waals surface area contributed by atoms with Crippen LogP contribution >= 0.6 is 0 Å².